The highest BCUT2D eigenvalue weighted by molar-refractivity contribution is 4.93. The van der Waals surface area contributed by atoms with Gasteiger partial charge in [0.15, 0.2) is 0 Å². The third-order valence-electron chi connectivity index (χ3n) is 2.56. The second-order valence-electron chi connectivity index (χ2n) is 3.71. The highest BCUT2D eigenvalue weighted by Crippen LogP contribution is 2.20. The van der Waals surface area contributed by atoms with Crippen molar-refractivity contribution >= 4 is 0 Å². The van der Waals surface area contributed by atoms with E-state index in [-0.39, 0.29) is 0 Å². The van der Waals surface area contributed by atoms with Crippen molar-refractivity contribution in [2.75, 3.05) is 0 Å². The summed E-state index contributed by atoms with van der Waals surface area (Å²) in [6.07, 6.45) is 11.0. The Kier molecular flexibility index (Phi) is 4.66. The van der Waals surface area contributed by atoms with Gasteiger partial charge in [0.25, 0.3) is 0 Å². The van der Waals surface area contributed by atoms with Crippen LogP contribution >= 0.6 is 0 Å². The van der Waals surface area contributed by atoms with Gasteiger partial charge in [-0.1, -0.05) is 33.1 Å². The van der Waals surface area contributed by atoms with E-state index in [9.17, 15) is 0 Å². The largest absolute Gasteiger partial charge is 0.351 e. The summed E-state index contributed by atoms with van der Waals surface area (Å²) >= 11 is 0. The Morgan fingerprint density at radius 3 is 2.23 bits per heavy atom. The molecule has 0 fully saturated rings. The molecule has 0 N–H and O–H groups in total. The number of aromatic nitrogens is 1. The molecule has 0 aliphatic rings. The summed E-state index contributed by atoms with van der Waals surface area (Å²) in [5.41, 5.74) is 0. The highest BCUT2D eigenvalue weighted by atomic mass is 15.0. The Balaban J connectivity index is 2.47. The molecule has 0 spiro atoms. The van der Waals surface area contributed by atoms with Crippen LogP contribution in [0.2, 0.25) is 0 Å². The van der Waals surface area contributed by atoms with E-state index in [0.29, 0.717) is 0 Å². The molecule has 1 aromatic heterocycles. The van der Waals surface area contributed by atoms with E-state index in [0.717, 1.165) is 6.04 Å². The van der Waals surface area contributed by atoms with Crippen LogP contribution in [0.1, 0.15) is 52.0 Å². The van der Waals surface area contributed by atoms with E-state index >= 15 is 0 Å². The summed E-state index contributed by atoms with van der Waals surface area (Å²) in [7, 11) is 0. The van der Waals surface area contributed by atoms with E-state index in [2.05, 4.69) is 42.9 Å². The van der Waals surface area contributed by atoms with Gasteiger partial charge in [-0.2, -0.15) is 0 Å². The molecule has 1 unspecified atom stereocenters. The number of nitrogens with zero attached hydrogens (tertiary/aromatic N) is 1. The van der Waals surface area contributed by atoms with Gasteiger partial charge >= 0.3 is 0 Å². The SMILES string of the molecule is CCCCC(CCC)n1cccc1. The molecule has 0 saturated carbocycles. The Bertz CT molecular complexity index is 201. The Labute approximate surface area is 81.8 Å². The Morgan fingerprint density at radius 2 is 1.69 bits per heavy atom. The minimum atomic E-state index is 0.736. The minimum Gasteiger partial charge on any atom is -0.351 e. The molecule has 0 bridgehead atoms. The van der Waals surface area contributed by atoms with Crippen LogP contribution in [-0.4, -0.2) is 4.57 Å². The fourth-order valence-corrected chi connectivity index (χ4v) is 1.81. The Morgan fingerprint density at radius 1 is 1.00 bits per heavy atom. The molecule has 13 heavy (non-hydrogen) atoms. The van der Waals surface area contributed by atoms with Gasteiger partial charge in [-0.3, -0.25) is 0 Å². The predicted molar refractivity (Wildman–Crippen MR) is 57.9 cm³/mol. The summed E-state index contributed by atoms with van der Waals surface area (Å²) in [6, 6.07) is 4.98. The van der Waals surface area contributed by atoms with Gasteiger partial charge in [-0.15, -0.1) is 0 Å². The molecule has 1 atom stereocenters. The van der Waals surface area contributed by atoms with Crippen LogP contribution in [0.4, 0.5) is 0 Å². The van der Waals surface area contributed by atoms with Crippen molar-refractivity contribution in [3.63, 3.8) is 0 Å². The van der Waals surface area contributed by atoms with Crippen LogP contribution in [0, 0.1) is 0 Å². The molecular weight excluding hydrogens is 158 g/mol. The zero-order chi connectivity index (χ0) is 9.52. The third-order valence-corrected chi connectivity index (χ3v) is 2.56. The molecule has 0 amide bonds. The lowest BCUT2D eigenvalue weighted by molar-refractivity contribution is 0.418. The number of unbranched alkanes of at least 4 members (excludes halogenated alkanes) is 1. The maximum Gasteiger partial charge on any atom is 0.0330 e. The molecule has 1 nitrogen and oxygen atoms in total. The van der Waals surface area contributed by atoms with E-state index < -0.39 is 0 Å². The van der Waals surface area contributed by atoms with Gasteiger partial charge in [-0.05, 0) is 25.0 Å². The molecule has 0 aromatic carbocycles. The smallest absolute Gasteiger partial charge is 0.0330 e. The van der Waals surface area contributed by atoms with E-state index in [1.165, 1.54) is 32.1 Å². The monoisotopic (exact) mass is 179 g/mol. The lowest BCUT2D eigenvalue weighted by Crippen LogP contribution is -2.06. The highest BCUT2D eigenvalue weighted by Gasteiger charge is 2.07. The molecule has 1 heterocycles. The first-order valence-electron chi connectivity index (χ1n) is 5.51. The van der Waals surface area contributed by atoms with Crippen LogP contribution in [0.5, 0.6) is 0 Å². The van der Waals surface area contributed by atoms with Crippen LogP contribution in [0.3, 0.4) is 0 Å². The van der Waals surface area contributed by atoms with E-state index in [4.69, 9.17) is 0 Å². The van der Waals surface area contributed by atoms with Crippen molar-refractivity contribution in [3.05, 3.63) is 24.5 Å². The van der Waals surface area contributed by atoms with Gasteiger partial charge in [0.05, 0.1) is 0 Å². The molecular formula is C12H21N. The standard InChI is InChI=1S/C12H21N/c1-3-5-9-12(8-4-2)13-10-6-7-11-13/h6-7,10-12H,3-5,8-9H2,1-2H3. The fraction of sp³-hybridized carbons (Fsp3) is 0.667. The topological polar surface area (TPSA) is 4.93 Å². The van der Waals surface area contributed by atoms with E-state index in [1.807, 2.05) is 0 Å². The number of rotatable bonds is 6. The van der Waals surface area contributed by atoms with Crippen molar-refractivity contribution in [2.24, 2.45) is 0 Å². The molecule has 1 aromatic rings. The fourth-order valence-electron chi connectivity index (χ4n) is 1.81. The minimum absolute atomic E-state index is 0.736. The summed E-state index contributed by atoms with van der Waals surface area (Å²) in [5.74, 6) is 0. The number of hydrogen-bond acceptors (Lipinski definition) is 0. The van der Waals surface area contributed by atoms with E-state index in [1.54, 1.807) is 0 Å². The van der Waals surface area contributed by atoms with Crippen molar-refractivity contribution in [2.45, 2.75) is 52.0 Å². The normalized spacial score (nSPS) is 13.1. The molecule has 0 radical (unpaired) electrons. The van der Waals surface area contributed by atoms with Crippen molar-refractivity contribution in [1.29, 1.82) is 0 Å². The lowest BCUT2D eigenvalue weighted by atomic mass is 10.1. The first kappa shape index (κ1) is 10.4. The molecule has 1 rings (SSSR count). The van der Waals surface area contributed by atoms with Crippen molar-refractivity contribution < 1.29 is 0 Å². The average Bonchev–Trinajstić information content (AvgIpc) is 2.65. The van der Waals surface area contributed by atoms with Gasteiger partial charge in [-0.25, -0.2) is 0 Å². The zero-order valence-electron chi connectivity index (χ0n) is 8.87. The molecule has 1 heteroatoms. The zero-order valence-corrected chi connectivity index (χ0v) is 8.87. The quantitative estimate of drug-likeness (QED) is 0.621. The molecule has 0 aliphatic carbocycles. The molecule has 0 aliphatic heterocycles. The van der Waals surface area contributed by atoms with Gasteiger partial charge < -0.3 is 4.57 Å². The number of hydrogen-bond donors (Lipinski definition) is 0. The summed E-state index contributed by atoms with van der Waals surface area (Å²) in [6.45, 7) is 4.53. The lowest BCUT2D eigenvalue weighted by Gasteiger charge is -2.17. The summed E-state index contributed by atoms with van der Waals surface area (Å²) < 4.78 is 2.36. The summed E-state index contributed by atoms with van der Waals surface area (Å²) in [5, 5.41) is 0. The van der Waals surface area contributed by atoms with Crippen molar-refractivity contribution in [1.82, 2.24) is 4.57 Å². The van der Waals surface area contributed by atoms with Crippen LogP contribution in [0.25, 0.3) is 0 Å². The van der Waals surface area contributed by atoms with Crippen molar-refractivity contribution in [3.8, 4) is 0 Å². The third kappa shape index (κ3) is 3.25. The van der Waals surface area contributed by atoms with Gasteiger partial charge in [0, 0.05) is 18.4 Å². The first-order valence-corrected chi connectivity index (χ1v) is 5.51. The van der Waals surface area contributed by atoms with Gasteiger partial charge in [0.2, 0.25) is 0 Å². The molecule has 74 valence electrons. The van der Waals surface area contributed by atoms with Crippen LogP contribution in [0.15, 0.2) is 24.5 Å². The second kappa shape index (κ2) is 5.85. The maximum absolute atomic E-state index is 2.36. The second-order valence-corrected chi connectivity index (χ2v) is 3.71. The Hall–Kier alpha value is -0.720. The first-order chi connectivity index (χ1) is 6.38. The average molecular weight is 179 g/mol. The van der Waals surface area contributed by atoms with Gasteiger partial charge in [0.1, 0.15) is 0 Å². The maximum atomic E-state index is 2.36. The molecule has 0 saturated heterocycles. The predicted octanol–water partition coefficient (Wildman–Crippen LogP) is 4.02. The summed E-state index contributed by atoms with van der Waals surface area (Å²) in [4.78, 5) is 0. The van der Waals surface area contributed by atoms with Crippen LogP contribution in [-0.2, 0) is 0 Å². The van der Waals surface area contributed by atoms with Crippen LogP contribution < -0.4 is 0 Å².